The second-order valence-electron chi connectivity index (χ2n) is 8.37. The summed E-state index contributed by atoms with van der Waals surface area (Å²) in [5.41, 5.74) is -5.67. The Bertz CT molecular complexity index is 646. The molecule has 26 heavy (non-hydrogen) atoms. The average Bonchev–Trinajstić information content (AvgIpc) is 3.05. The fourth-order valence-corrected chi connectivity index (χ4v) is 4.33. The standard InChI is InChI=1S/C18H27NO7/c1-16(2,22)13-14(20)26-11-6-8-19-7-5-10(12(11)19)9-25-15(21)18(4,24)17(13,3)23/h5,11-13,22-24H,6-9H2,1-4H3/t11-,12-,13-,17-,18+/m1/s1. The molecule has 0 aromatic carbocycles. The minimum Gasteiger partial charge on any atom is -0.460 e. The number of ether oxygens (including phenoxy) is 2. The normalized spacial score (nSPS) is 41.8. The van der Waals surface area contributed by atoms with Crippen LogP contribution in [0.15, 0.2) is 11.6 Å². The lowest BCUT2D eigenvalue weighted by atomic mass is 9.69. The summed E-state index contributed by atoms with van der Waals surface area (Å²) in [6.07, 6.45) is 2.08. The quantitative estimate of drug-likeness (QED) is 0.413. The number of hydrogen-bond donors (Lipinski definition) is 3. The highest BCUT2D eigenvalue weighted by Gasteiger charge is 2.61. The van der Waals surface area contributed by atoms with Gasteiger partial charge in [0.15, 0.2) is 5.60 Å². The summed E-state index contributed by atoms with van der Waals surface area (Å²) in [5.74, 6) is -3.46. The van der Waals surface area contributed by atoms with E-state index >= 15 is 0 Å². The van der Waals surface area contributed by atoms with Crippen LogP contribution in [-0.2, 0) is 19.1 Å². The molecule has 146 valence electrons. The van der Waals surface area contributed by atoms with E-state index in [1.165, 1.54) is 13.8 Å². The van der Waals surface area contributed by atoms with Gasteiger partial charge in [-0.05, 0) is 39.7 Å². The third kappa shape index (κ3) is 2.85. The molecule has 3 aliphatic heterocycles. The molecule has 8 nitrogen and oxygen atoms in total. The van der Waals surface area contributed by atoms with Crippen LogP contribution in [0.25, 0.3) is 0 Å². The van der Waals surface area contributed by atoms with E-state index in [4.69, 9.17) is 9.47 Å². The average molecular weight is 369 g/mol. The Labute approximate surface area is 152 Å². The van der Waals surface area contributed by atoms with Gasteiger partial charge in [-0.1, -0.05) is 6.08 Å². The molecule has 0 unspecified atom stereocenters. The van der Waals surface area contributed by atoms with Crippen LogP contribution < -0.4 is 0 Å². The molecular weight excluding hydrogens is 342 g/mol. The van der Waals surface area contributed by atoms with Crippen LogP contribution in [0.2, 0.25) is 0 Å². The Morgan fingerprint density at radius 3 is 2.54 bits per heavy atom. The molecule has 3 N–H and O–H groups in total. The van der Waals surface area contributed by atoms with Crippen molar-refractivity contribution in [2.24, 2.45) is 5.92 Å². The number of esters is 2. The van der Waals surface area contributed by atoms with Gasteiger partial charge in [0, 0.05) is 13.1 Å². The summed E-state index contributed by atoms with van der Waals surface area (Å²) in [4.78, 5) is 27.6. The molecule has 2 fully saturated rings. The number of hydrogen-bond acceptors (Lipinski definition) is 8. The van der Waals surface area contributed by atoms with Crippen molar-refractivity contribution in [3.63, 3.8) is 0 Å². The first kappa shape index (κ1) is 19.3. The Kier molecular flexibility index (Phi) is 4.46. The Balaban J connectivity index is 2.06. The summed E-state index contributed by atoms with van der Waals surface area (Å²) in [6, 6.07) is -0.192. The summed E-state index contributed by atoms with van der Waals surface area (Å²) < 4.78 is 10.9. The molecule has 0 spiro atoms. The van der Waals surface area contributed by atoms with Gasteiger partial charge in [-0.25, -0.2) is 4.79 Å². The molecule has 0 amide bonds. The SMILES string of the molecule is CC(C)(O)[C@H]1C(=O)O[C@@H]2CCN3CC=C(COC(=O)[C@](C)(O)[C@]1(C)O)[C@H]23. The van der Waals surface area contributed by atoms with Crippen molar-refractivity contribution in [1.29, 1.82) is 0 Å². The van der Waals surface area contributed by atoms with Gasteiger partial charge < -0.3 is 24.8 Å². The minimum absolute atomic E-state index is 0.0481. The van der Waals surface area contributed by atoms with Gasteiger partial charge >= 0.3 is 11.9 Å². The fourth-order valence-electron chi connectivity index (χ4n) is 4.33. The molecule has 5 atom stereocenters. The molecule has 2 saturated heterocycles. The molecule has 0 radical (unpaired) electrons. The summed E-state index contributed by atoms with van der Waals surface area (Å²) in [6.45, 7) is 6.24. The van der Waals surface area contributed by atoms with Crippen molar-refractivity contribution >= 4 is 11.9 Å². The van der Waals surface area contributed by atoms with Gasteiger partial charge in [-0.3, -0.25) is 9.69 Å². The lowest BCUT2D eigenvalue weighted by Crippen LogP contribution is -2.66. The van der Waals surface area contributed by atoms with Gasteiger partial charge in [0.1, 0.15) is 24.2 Å². The first-order valence-electron chi connectivity index (χ1n) is 8.85. The van der Waals surface area contributed by atoms with E-state index in [-0.39, 0.29) is 12.6 Å². The zero-order chi connectivity index (χ0) is 19.5. The largest absolute Gasteiger partial charge is 0.460 e. The molecule has 8 heteroatoms. The number of nitrogens with zero attached hydrogens (tertiary/aromatic N) is 1. The zero-order valence-electron chi connectivity index (χ0n) is 15.6. The van der Waals surface area contributed by atoms with Crippen molar-refractivity contribution < 1.29 is 34.4 Å². The second kappa shape index (κ2) is 6.02. The highest BCUT2D eigenvalue weighted by Crippen LogP contribution is 2.40. The van der Waals surface area contributed by atoms with Gasteiger partial charge in [0.05, 0.1) is 11.6 Å². The van der Waals surface area contributed by atoms with E-state index in [1.807, 2.05) is 6.08 Å². The lowest BCUT2D eigenvalue weighted by Gasteiger charge is -2.45. The maximum atomic E-state index is 12.9. The van der Waals surface area contributed by atoms with Crippen molar-refractivity contribution in [2.75, 3.05) is 19.7 Å². The number of carbonyl (C=O) groups excluding carboxylic acids is 2. The number of carbonyl (C=O) groups is 2. The first-order valence-corrected chi connectivity index (χ1v) is 8.85. The molecule has 0 bridgehead atoms. The Morgan fingerprint density at radius 1 is 1.27 bits per heavy atom. The highest BCUT2D eigenvalue weighted by molar-refractivity contribution is 5.84. The van der Waals surface area contributed by atoms with Crippen molar-refractivity contribution in [3.8, 4) is 0 Å². The van der Waals surface area contributed by atoms with Crippen LogP contribution in [-0.4, -0.2) is 80.8 Å². The molecule has 3 heterocycles. The van der Waals surface area contributed by atoms with Gasteiger partial charge in [0.2, 0.25) is 0 Å². The van der Waals surface area contributed by atoms with Gasteiger partial charge in [-0.2, -0.15) is 0 Å². The van der Waals surface area contributed by atoms with Gasteiger partial charge in [-0.15, -0.1) is 0 Å². The fraction of sp³-hybridized carbons (Fsp3) is 0.778. The van der Waals surface area contributed by atoms with Crippen LogP contribution in [0.4, 0.5) is 0 Å². The molecule has 3 aliphatic rings. The smallest absolute Gasteiger partial charge is 0.341 e. The number of cyclic esters (lactones) is 1. The first-order chi connectivity index (χ1) is 11.9. The summed E-state index contributed by atoms with van der Waals surface area (Å²) in [5, 5.41) is 32.2. The molecule has 0 aliphatic carbocycles. The van der Waals surface area contributed by atoms with E-state index in [0.717, 1.165) is 26.0 Å². The highest BCUT2D eigenvalue weighted by atomic mass is 16.6. The molecular formula is C18H27NO7. The maximum absolute atomic E-state index is 12.9. The Hall–Kier alpha value is -1.48. The van der Waals surface area contributed by atoms with Crippen LogP contribution in [0, 0.1) is 5.92 Å². The molecule has 0 saturated carbocycles. The van der Waals surface area contributed by atoms with Crippen molar-refractivity contribution in [2.45, 2.75) is 63.1 Å². The molecule has 0 aromatic heterocycles. The summed E-state index contributed by atoms with van der Waals surface area (Å²) in [7, 11) is 0. The minimum atomic E-state index is -2.42. The molecule has 0 aromatic rings. The predicted octanol–water partition coefficient (Wildman–Crippen LogP) is -0.642. The van der Waals surface area contributed by atoms with Gasteiger partial charge in [0.25, 0.3) is 0 Å². The lowest BCUT2D eigenvalue weighted by molar-refractivity contribution is -0.223. The molecule has 3 rings (SSSR count). The topological polar surface area (TPSA) is 117 Å². The van der Waals surface area contributed by atoms with E-state index in [2.05, 4.69) is 4.90 Å². The van der Waals surface area contributed by atoms with Crippen LogP contribution in [0.1, 0.15) is 34.1 Å². The van der Waals surface area contributed by atoms with E-state index in [9.17, 15) is 24.9 Å². The van der Waals surface area contributed by atoms with Crippen molar-refractivity contribution in [1.82, 2.24) is 4.90 Å². The third-order valence-corrected chi connectivity index (χ3v) is 5.94. The predicted molar refractivity (Wildman–Crippen MR) is 89.9 cm³/mol. The van der Waals surface area contributed by atoms with Crippen LogP contribution >= 0.6 is 0 Å². The number of rotatable bonds is 1. The second-order valence-corrected chi connectivity index (χ2v) is 8.37. The monoisotopic (exact) mass is 369 g/mol. The zero-order valence-corrected chi connectivity index (χ0v) is 15.6. The van der Waals surface area contributed by atoms with Crippen LogP contribution in [0.3, 0.4) is 0 Å². The summed E-state index contributed by atoms with van der Waals surface area (Å²) >= 11 is 0. The van der Waals surface area contributed by atoms with Crippen LogP contribution in [0.5, 0.6) is 0 Å². The maximum Gasteiger partial charge on any atom is 0.341 e. The Morgan fingerprint density at radius 2 is 1.92 bits per heavy atom. The van der Waals surface area contributed by atoms with E-state index in [0.29, 0.717) is 13.0 Å². The van der Waals surface area contributed by atoms with E-state index < -0.39 is 40.8 Å². The van der Waals surface area contributed by atoms with Crippen molar-refractivity contribution in [3.05, 3.63) is 11.6 Å². The number of aliphatic hydroxyl groups is 3. The third-order valence-electron chi connectivity index (χ3n) is 5.94. The van der Waals surface area contributed by atoms with E-state index in [1.54, 1.807) is 0 Å².